The van der Waals surface area contributed by atoms with Crippen LogP contribution in [-0.2, 0) is 16.1 Å². The first-order valence-electron chi connectivity index (χ1n) is 7.19. The van der Waals surface area contributed by atoms with Gasteiger partial charge in [0.1, 0.15) is 12.1 Å². The lowest BCUT2D eigenvalue weighted by Crippen LogP contribution is -2.61. The number of amides is 2. The Hall–Kier alpha value is -1.84. The third-order valence-corrected chi connectivity index (χ3v) is 3.76. The van der Waals surface area contributed by atoms with E-state index >= 15 is 0 Å². The van der Waals surface area contributed by atoms with E-state index in [1.807, 2.05) is 32.0 Å². The van der Waals surface area contributed by atoms with E-state index in [1.165, 1.54) is 0 Å². The molecule has 1 saturated heterocycles. The molecule has 2 atom stereocenters. The number of carbonyl (C=O) groups is 2. The van der Waals surface area contributed by atoms with Crippen LogP contribution in [0.1, 0.15) is 37.8 Å². The monoisotopic (exact) mass is 274 g/mol. The molecule has 2 unspecified atom stereocenters. The molecular weight excluding hydrogens is 252 g/mol. The zero-order chi connectivity index (χ0) is 14.7. The van der Waals surface area contributed by atoms with Gasteiger partial charge in [-0.15, -0.1) is 0 Å². The second-order valence-corrected chi connectivity index (χ2v) is 5.48. The fourth-order valence-corrected chi connectivity index (χ4v) is 2.59. The molecule has 1 N–H and O–H groups in total. The lowest BCUT2D eigenvalue weighted by atomic mass is 10.0. The first-order chi connectivity index (χ1) is 9.52. The van der Waals surface area contributed by atoms with Crippen molar-refractivity contribution >= 4 is 11.8 Å². The molecule has 0 radical (unpaired) electrons. The SMILES string of the molecule is CCCC1NC(=O)C(C)N(Cc2cccc(C)c2)C1=O. The average molecular weight is 274 g/mol. The predicted molar refractivity (Wildman–Crippen MR) is 78.0 cm³/mol. The van der Waals surface area contributed by atoms with E-state index in [-0.39, 0.29) is 17.9 Å². The van der Waals surface area contributed by atoms with E-state index < -0.39 is 6.04 Å². The Labute approximate surface area is 120 Å². The fourth-order valence-electron chi connectivity index (χ4n) is 2.59. The zero-order valence-corrected chi connectivity index (χ0v) is 12.3. The number of piperazine rings is 1. The Bertz CT molecular complexity index is 513. The standard InChI is InChI=1S/C16H22N2O2/c1-4-6-14-16(20)18(12(3)15(19)17-14)10-13-8-5-7-11(2)9-13/h5,7-9,12,14H,4,6,10H2,1-3H3,(H,17,19). The average Bonchev–Trinajstić information content (AvgIpc) is 2.41. The summed E-state index contributed by atoms with van der Waals surface area (Å²) in [5, 5.41) is 2.81. The Balaban J connectivity index is 2.18. The van der Waals surface area contributed by atoms with Gasteiger partial charge in [0.2, 0.25) is 11.8 Å². The van der Waals surface area contributed by atoms with Gasteiger partial charge in [-0.3, -0.25) is 9.59 Å². The predicted octanol–water partition coefficient (Wildman–Crippen LogP) is 2.01. The molecule has 0 aromatic heterocycles. The highest BCUT2D eigenvalue weighted by molar-refractivity contribution is 5.96. The Morgan fingerprint density at radius 3 is 2.70 bits per heavy atom. The topological polar surface area (TPSA) is 49.4 Å². The van der Waals surface area contributed by atoms with E-state index in [0.717, 1.165) is 17.5 Å². The van der Waals surface area contributed by atoms with Gasteiger partial charge in [0.15, 0.2) is 0 Å². The maximum atomic E-state index is 12.5. The molecule has 0 aliphatic carbocycles. The highest BCUT2D eigenvalue weighted by atomic mass is 16.2. The molecule has 0 spiro atoms. The molecule has 1 aromatic carbocycles. The fraction of sp³-hybridized carbons (Fsp3) is 0.500. The molecule has 1 heterocycles. The van der Waals surface area contributed by atoms with Crippen LogP contribution in [0.25, 0.3) is 0 Å². The highest BCUT2D eigenvalue weighted by Crippen LogP contribution is 2.17. The van der Waals surface area contributed by atoms with Gasteiger partial charge >= 0.3 is 0 Å². The molecule has 20 heavy (non-hydrogen) atoms. The second-order valence-electron chi connectivity index (χ2n) is 5.48. The normalized spacial score (nSPS) is 22.9. The van der Waals surface area contributed by atoms with Crippen LogP contribution in [0.4, 0.5) is 0 Å². The molecule has 4 nitrogen and oxygen atoms in total. The number of aryl methyl sites for hydroxylation is 1. The summed E-state index contributed by atoms with van der Waals surface area (Å²) in [4.78, 5) is 26.1. The van der Waals surface area contributed by atoms with Gasteiger partial charge in [0.25, 0.3) is 0 Å². The van der Waals surface area contributed by atoms with Crippen LogP contribution in [-0.4, -0.2) is 28.8 Å². The van der Waals surface area contributed by atoms with Crippen LogP contribution >= 0.6 is 0 Å². The van der Waals surface area contributed by atoms with Crippen molar-refractivity contribution in [2.24, 2.45) is 0 Å². The van der Waals surface area contributed by atoms with E-state index in [1.54, 1.807) is 11.8 Å². The van der Waals surface area contributed by atoms with Gasteiger partial charge in [0.05, 0.1) is 0 Å². The van der Waals surface area contributed by atoms with Crippen molar-refractivity contribution < 1.29 is 9.59 Å². The molecule has 1 aliphatic heterocycles. The van der Waals surface area contributed by atoms with Crippen molar-refractivity contribution in [3.63, 3.8) is 0 Å². The number of nitrogens with zero attached hydrogens (tertiary/aromatic N) is 1. The maximum absolute atomic E-state index is 12.5. The Kier molecular flexibility index (Phi) is 4.42. The lowest BCUT2D eigenvalue weighted by Gasteiger charge is -2.37. The minimum absolute atomic E-state index is 0.0282. The van der Waals surface area contributed by atoms with Crippen LogP contribution in [0.2, 0.25) is 0 Å². The zero-order valence-electron chi connectivity index (χ0n) is 12.3. The summed E-state index contributed by atoms with van der Waals surface area (Å²) in [6.07, 6.45) is 1.57. The van der Waals surface area contributed by atoms with Gasteiger partial charge in [-0.1, -0.05) is 43.2 Å². The number of hydrogen-bond acceptors (Lipinski definition) is 2. The van der Waals surface area contributed by atoms with Crippen LogP contribution in [0.5, 0.6) is 0 Å². The summed E-state index contributed by atoms with van der Waals surface area (Å²) in [6, 6.07) is 7.28. The van der Waals surface area contributed by atoms with Crippen LogP contribution in [0, 0.1) is 6.92 Å². The van der Waals surface area contributed by atoms with Gasteiger partial charge < -0.3 is 10.2 Å². The summed E-state index contributed by atoms with van der Waals surface area (Å²) in [7, 11) is 0. The minimum atomic E-state index is -0.406. The number of carbonyl (C=O) groups excluding carboxylic acids is 2. The van der Waals surface area contributed by atoms with E-state index in [4.69, 9.17) is 0 Å². The summed E-state index contributed by atoms with van der Waals surface area (Å²) in [5.41, 5.74) is 2.23. The third kappa shape index (κ3) is 3.00. The number of benzene rings is 1. The summed E-state index contributed by atoms with van der Waals surface area (Å²) < 4.78 is 0. The van der Waals surface area contributed by atoms with Crippen molar-refractivity contribution in [3.8, 4) is 0 Å². The molecule has 0 saturated carbocycles. The number of nitrogens with one attached hydrogen (secondary N) is 1. The molecule has 2 rings (SSSR count). The summed E-state index contributed by atoms with van der Waals surface area (Å²) in [5.74, 6) is -0.0313. The van der Waals surface area contributed by atoms with Gasteiger partial charge in [-0.05, 0) is 25.8 Å². The molecule has 4 heteroatoms. The summed E-state index contributed by atoms with van der Waals surface area (Å²) in [6.45, 7) is 6.32. The van der Waals surface area contributed by atoms with E-state index in [2.05, 4.69) is 11.4 Å². The lowest BCUT2D eigenvalue weighted by molar-refractivity contribution is -0.149. The number of hydrogen-bond donors (Lipinski definition) is 1. The van der Waals surface area contributed by atoms with Crippen LogP contribution in [0.3, 0.4) is 0 Å². The molecule has 2 amide bonds. The van der Waals surface area contributed by atoms with Crippen molar-refractivity contribution in [1.82, 2.24) is 10.2 Å². The highest BCUT2D eigenvalue weighted by Gasteiger charge is 2.37. The second kappa shape index (κ2) is 6.07. The smallest absolute Gasteiger partial charge is 0.246 e. The molecule has 1 aromatic rings. The molecular formula is C16H22N2O2. The summed E-state index contributed by atoms with van der Waals surface area (Å²) >= 11 is 0. The Morgan fingerprint density at radius 1 is 1.30 bits per heavy atom. The maximum Gasteiger partial charge on any atom is 0.246 e. The van der Waals surface area contributed by atoms with Crippen molar-refractivity contribution in [2.75, 3.05) is 0 Å². The molecule has 0 bridgehead atoms. The first-order valence-corrected chi connectivity index (χ1v) is 7.19. The minimum Gasteiger partial charge on any atom is -0.343 e. The van der Waals surface area contributed by atoms with Crippen LogP contribution < -0.4 is 5.32 Å². The molecule has 108 valence electrons. The Morgan fingerprint density at radius 2 is 2.05 bits per heavy atom. The van der Waals surface area contributed by atoms with E-state index in [0.29, 0.717) is 13.0 Å². The van der Waals surface area contributed by atoms with Gasteiger partial charge in [0, 0.05) is 6.54 Å². The van der Waals surface area contributed by atoms with Crippen molar-refractivity contribution in [2.45, 2.75) is 52.2 Å². The van der Waals surface area contributed by atoms with Crippen molar-refractivity contribution in [3.05, 3.63) is 35.4 Å². The van der Waals surface area contributed by atoms with E-state index in [9.17, 15) is 9.59 Å². The molecule has 1 aliphatic rings. The third-order valence-electron chi connectivity index (χ3n) is 3.76. The van der Waals surface area contributed by atoms with Gasteiger partial charge in [-0.25, -0.2) is 0 Å². The van der Waals surface area contributed by atoms with Crippen LogP contribution in [0.15, 0.2) is 24.3 Å². The largest absolute Gasteiger partial charge is 0.343 e. The van der Waals surface area contributed by atoms with Gasteiger partial charge in [-0.2, -0.15) is 0 Å². The quantitative estimate of drug-likeness (QED) is 0.913. The number of rotatable bonds is 4. The van der Waals surface area contributed by atoms with Crippen molar-refractivity contribution in [1.29, 1.82) is 0 Å². The first kappa shape index (κ1) is 14.6. The molecule has 1 fully saturated rings.